The average molecular weight is 272 g/mol. The van der Waals surface area contributed by atoms with E-state index in [4.69, 9.17) is 0 Å². The zero-order valence-electron chi connectivity index (χ0n) is 11.3. The van der Waals surface area contributed by atoms with E-state index >= 15 is 0 Å². The maximum atomic E-state index is 10.1. The van der Waals surface area contributed by atoms with Gasteiger partial charge in [-0.1, -0.05) is 45.0 Å². The largest absolute Gasteiger partial charge is 0.239 e. The Hall–Kier alpha value is -1.77. The van der Waals surface area contributed by atoms with E-state index in [1.165, 1.54) is 11.6 Å². The van der Waals surface area contributed by atoms with Crippen molar-refractivity contribution >= 4 is 17.4 Å². The Morgan fingerprint density at radius 3 is 2.53 bits per heavy atom. The molecule has 1 aromatic heterocycles. The summed E-state index contributed by atoms with van der Waals surface area (Å²) in [6, 6.07) is 8.46. The highest BCUT2D eigenvalue weighted by Gasteiger charge is 2.13. The molecule has 0 saturated heterocycles. The predicted molar refractivity (Wildman–Crippen MR) is 78.1 cm³/mol. The fourth-order valence-electron chi connectivity index (χ4n) is 1.74. The molecular formula is C15H16N2OS. The van der Waals surface area contributed by atoms with Gasteiger partial charge in [0.05, 0.1) is 12.2 Å². The van der Waals surface area contributed by atoms with Gasteiger partial charge in [-0.3, -0.25) is 0 Å². The molecule has 0 aliphatic rings. The molecule has 98 valence electrons. The van der Waals surface area contributed by atoms with Gasteiger partial charge < -0.3 is 0 Å². The second-order valence-corrected chi connectivity index (χ2v) is 6.24. The molecule has 0 amide bonds. The van der Waals surface area contributed by atoms with Crippen molar-refractivity contribution in [2.45, 2.75) is 32.7 Å². The number of thiazole rings is 1. The topological polar surface area (TPSA) is 42.3 Å². The van der Waals surface area contributed by atoms with Gasteiger partial charge in [0.25, 0.3) is 0 Å². The van der Waals surface area contributed by atoms with Gasteiger partial charge in [-0.15, -0.1) is 11.3 Å². The minimum atomic E-state index is 0.158. The first-order valence-electron chi connectivity index (χ1n) is 6.09. The summed E-state index contributed by atoms with van der Waals surface area (Å²) in [6.07, 6.45) is 1.53. The summed E-state index contributed by atoms with van der Waals surface area (Å²) in [5.41, 5.74) is 3.37. The Morgan fingerprint density at radius 2 is 1.95 bits per heavy atom. The standard InChI is InChI=1S/C15H16N2OS/c1-15(2,3)12-6-4-11(5-7-12)14-17-13(9-19-14)8-16-10-18/h4-7,9H,8H2,1-3H3. The number of aromatic nitrogens is 1. The van der Waals surface area contributed by atoms with Gasteiger partial charge in [0.1, 0.15) is 5.01 Å². The number of hydrogen-bond acceptors (Lipinski definition) is 4. The lowest BCUT2D eigenvalue weighted by molar-refractivity contribution is 0.562. The van der Waals surface area contributed by atoms with Gasteiger partial charge in [-0.05, 0) is 11.0 Å². The normalized spacial score (nSPS) is 11.1. The van der Waals surface area contributed by atoms with Gasteiger partial charge in [0.2, 0.25) is 6.08 Å². The molecular weight excluding hydrogens is 256 g/mol. The van der Waals surface area contributed by atoms with Gasteiger partial charge in [-0.25, -0.2) is 9.78 Å². The quantitative estimate of drug-likeness (QED) is 0.627. The van der Waals surface area contributed by atoms with E-state index in [1.54, 1.807) is 11.3 Å². The summed E-state index contributed by atoms with van der Waals surface area (Å²) in [4.78, 5) is 18.1. The lowest BCUT2D eigenvalue weighted by Gasteiger charge is -2.18. The first-order chi connectivity index (χ1) is 9.00. The van der Waals surface area contributed by atoms with Crippen molar-refractivity contribution in [1.29, 1.82) is 0 Å². The van der Waals surface area contributed by atoms with E-state index in [-0.39, 0.29) is 5.41 Å². The van der Waals surface area contributed by atoms with E-state index in [1.807, 2.05) is 5.38 Å². The molecule has 1 heterocycles. The molecule has 0 bridgehead atoms. The molecule has 0 unspecified atom stereocenters. The third kappa shape index (κ3) is 3.37. The summed E-state index contributed by atoms with van der Waals surface area (Å²) in [6.45, 7) is 6.89. The van der Waals surface area contributed by atoms with Gasteiger partial charge in [0, 0.05) is 10.9 Å². The molecule has 2 aromatic rings. The fourth-order valence-corrected chi connectivity index (χ4v) is 2.56. The smallest absolute Gasteiger partial charge is 0.235 e. The van der Waals surface area contributed by atoms with Crippen LogP contribution in [0.15, 0.2) is 34.6 Å². The van der Waals surface area contributed by atoms with Crippen LogP contribution in [-0.4, -0.2) is 11.1 Å². The average Bonchev–Trinajstić information content (AvgIpc) is 2.84. The minimum absolute atomic E-state index is 0.158. The van der Waals surface area contributed by atoms with Crippen molar-refractivity contribution in [3.8, 4) is 10.6 Å². The van der Waals surface area contributed by atoms with E-state index in [0.717, 1.165) is 16.3 Å². The molecule has 19 heavy (non-hydrogen) atoms. The van der Waals surface area contributed by atoms with E-state index < -0.39 is 0 Å². The number of nitrogens with zero attached hydrogens (tertiary/aromatic N) is 2. The number of carbonyl (C=O) groups excluding carboxylic acids is 1. The number of rotatable bonds is 3. The van der Waals surface area contributed by atoms with Crippen LogP contribution in [-0.2, 0) is 16.8 Å². The molecule has 0 atom stereocenters. The first-order valence-corrected chi connectivity index (χ1v) is 6.97. The van der Waals surface area contributed by atoms with Crippen molar-refractivity contribution in [2.24, 2.45) is 4.99 Å². The Bertz CT molecular complexity index is 602. The third-order valence-corrected chi connectivity index (χ3v) is 3.80. The number of hydrogen-bond donors (Lipinski definition) is 0. The monoisotopic (exact) mass is 272 g/mol. The Morgan fingerprint density at radius 1 is 1.26 bits per heavy atom. The van der Waals surface area contributed by atoms with Crippen LogP contribution in [0.3, 0.4) is 0 Å². The molecule has 0 aliphatic heterocycles. The molecule has 1 aromatic carbocycles. The number of benzene rings is 1. The predicted octanol–water partition coefficient (Wildman–Crippen LogP) is 3.94. The van der Waals surface area contributed by atoms with Crippen LogP contribution in [0.4, 0.5) is 0 Å². The number of aliphatic imine (C=N–C) groups is 1. The van der Waals surface area contributed by atoms with Gasteiger partial charge in [0.15, 0.2) is 0 Å². The minimum Gasteiger partial charge on any atom is -0.239 e. The highest BCUT2D eigenvalue weighted by molar-refractivity contribution is 7.13. The first kappa shape index (κ1) is 13.7. The highest BCUT2D eigenvalue weighted by atomic mass is 32.1. The van der Waals surface area contributed by atoms with Crippen LogP contribution in [0.25, 0.3) is 10.6 Å². The van der Waals surface area contributed by atoms with Gasteiger partial charge >= 0.3 is 0 Å². The van der Waals surface area contributed by atoms with Crippen LogP contribution in [0, 0.1) is 0 Å². The van der Waals surface area contributed by atoms with E-state index in [2.05, 4.69) is 55.0 Å². The molecule has 2 rings (SSSR count). The maximum absolute atomic E-state index is 10.1. The molecule has 4 heteroatoms. The second kappa shape index (κ2) is 5.47. The van der Waals surface area contributed by atoms with Crippen molar-refractivity contribution in [3.63, 3.8) is 0 Å². The summed E-state index contributed by atoms with van der Waals surface area (Å²) in [5, 5.41) is 2.88. The van der Waals surface area contributed by atoms with Crippen LogP contribution in [0.1, 0.15) is 32.0 Å². The van der Waals surface area contributed by atoms with E-state index in [9.17, 15) is 4.79 Å². The summed E-state index contributed by atoms with van der Waals surface area (Å²) >= 11 is 1.57. The van der Waals surface area contributed by atoms with E-state index in [0.29, 0.717) is 6.54 Å². The highest BCUT2D eigenvalue weighted by Crippen LogP contribution is 2.28. The fraction of sp³-hybridized carbons (Fsp3) is 0.333. The van der Waals surface area contributed by atoms with Crippen molar-refractivity contribution in [1.82, 2.24) is 4.98 Å². The van der Waals surface area contributed by atoms with Crippen LogP contribution in [0.5, 0.6) is 0 Å². The molecule has 3 nitrogen and oxygen atoms in total. The van der Waals surface area contributed by atoms with Crippen molar-refractivity contribution in [2.75, 3.05) is 0 Å². The van der Waals surface area contributed by atoms with Crippen molar-refractivity contribution < 1.29 is 4.79 Å². The summed E-state index contributed by atoms with van der Waals surface area (Å²) in [7, 11) is 0. The molecule has 0 N–H and O–H groups in total. The third-order valence-electron chi connectivity index (χ3n) is 2.86. The lowest BCUT2D eigenvalue weighted by Crippen LogP contribution is -2.10. The Balaban J connectivity index is 2.22. The summed E-state index contributed by atoms with van der Waals surface area (Å²) < 4.78 is 0. The molecule has 0 radical (unpaired) electrons. The SMILES string of the molecule is CC(C)(C)c1ccc(-c2nc(CN=C=O)cs2)cc1. The molecule has 0 saturated carbocycles. The lowest BCUT2D eigenvalue weighted by atomic mass is 9.87. The Labute approximate surface area is 117 Å². The second-order valence-electron chi connectivity index (χ2n) is 5.38. The zero-order chi connectivity index (χ0) is 13.9. The maximum Gasteiger partial charge on any atom is 0.235 e. The van der Waals surface area contributed by atoms with Crippen LogP contribution in [0.2, 0.25) is 0 Å². The molecule has 0 spiro atoms. The summed E-state index contributed by atoms with van der Waals surface area (Å²) in [5.74, 6) is 0. The molecule has 0 aliphatic carbocycles. The number of isocyanates is 1. The zero-order valence-corrected chi connectivity index (χ0v) is 12.1. The Kier molecular flexibility index (Phi) is 3.93. The van der Waals surface area contributed by atoms with Crippen LogP contribution < -0.4 is 0 Å². The van der Waals surface area contributed by atoms with Crippen LogP contribution >= 0.6 is 11.3 Å². The molecule has 0 fully saturated rings. The van der Waals surface area contributed by atoms with Gasteiger partial charge in [-0.2, -0.15) is 4.99 Å². The van der Waals surface area contributed by atoms with Crippen molar-refractivity contribution in [3.05, 3.63) is 40.9 Å².